The van der Waals surface area contributed by atoms with Gasteiger partial charge in [0.15, 0.2) is 0 Å². The first-order valence-electron chi connectivity index (χ1n) is 8.68. The third-order valence-electron chi connectivity index (χ3n) is 5.82. The monoisotopic (exact) mass is 360 g/mol. The van der Waals surface area contributed by atoms with Crippen molar-refractivity contribution in [2.45, 2.75) is 25.0 Å². The highest BCUT2D eigenvalue weighted by molar-refractivity contribution is 5.85. The second kappa shape index (κ2) is 7.32. The number of ether oxygens (including phenoxy) is 1. The molecule has 0 amide bonds. The van der Waals surface area contributed by atoms with Crippen LogP contribution in [0.15, 0.2) is 43.1 Å². The van der Waals surface area contributed by atoms with Gasteiger partial charge in [0, 0.05) is 24.2 Å². The van der Waals surface area contributed by atoms with Crippen molar-refractivity contribution in [2.24, 2.45) is 11.8 Å². The van der Waals surface area contributed by atoms with E-state index in [0.717, 1.165) is 41.7 Å². The lowest BCUT2D eigenvalue weighted by molar-refractivity contribution is -0.0444. The Morgan fingerprint density at radius 3 is 2.92 bits per heavy atom. The van der Waals surface area contributed by atoms with Gasteiger partial charge in [-0.25, -0.2) is 0 Å². The van der Waals surface area contributed by atoms with E-state index in [9.17, 15) is 5.11 Å². The molecule has 5 atom stereocenters. The van der Waals surface area contributed by atoms with Gasteiger partial charge in [0.2, 0.25) is 0 Å². The Morgan fingerprint density at radius 1 is 1.40 bits per heavy atom. The van der Waals surface area contributed by atoms with Gasteiger partial charge in [-0.15, -0.1) is 19.0 Å². The minimum absolute atomic E-state index is 0. The summed E-state index contributed by atoms with van der Waals surface area (Å²) in [4.78, 5) is 6.86. The second-order valence-electron chi connectivity index (χ2n) is 6.97. The fourth-order valence-electron chi connectivity index (χ4n) is 4.44. The Morgan fingerprint density at radius 2 is 2.24 bits per heavy atom. The summed E-state index contributed by atoms with van der Waals surface area (Å²) in [6.07, 6.45) is 5.62. The maximum Gasteiger partial charge on any atom is 0.119 e. The number of aromatic nitrogens is 1. The first-order chi connectivity index (χ1) is 11.7. The number of methoxy groups -OCH3 is 1. The third-order valence-corrected chi connectivity index (χ3v) is 5.82. The van der Waals surface area contributed by atoms with Gasteiger partial charge >= 0.3 is 0 Å². The molecule has 0 radical (unpaired) electrons. The van der Waals surface area contributed by atoms with Crippen LogP contribution in [0.3, 0.4) is 0 Å². The maximum atomic E-state index is 11.2. The summed E-state index contributed by atoms with van der Waals surface area (Å²) in [5, 5.41) is 12.1. The largest absolute Gasteiger partial charge is 0.497 e. The van der Waals surface area contributed by atoms with Gasteiger partial charge in [-0.1, -0.05) is 6.08 Å². The number of aliphatic hydroxyl groups is 1. The standard InChI is InChI=1S/C20H24N2O2.ClH/c1-3-13-12-22-9-7-14(13)10-19(22)20(23)16-6-8-21-18-5-4-15(24-2)11-17(16)18;/h3-6,8,11,13-14,19-20,23H,1,7,9-10,12H2,2H3;1H/t13-,14?,19-,20-;/m1./s1. The number of pyridine rings is 1. The second-order valence-corrected chi connectivity index (χ2v) is 6.97. The number of aliphatic hydroxyl groups excluding tert-OH is 1. The number of benzene rings is 1. The molecule has 2 unspecified atom stereocenters. The van der Waals surface area contributed by atoms with Gasteiger partial charge in [0.05, 0.1) is 18.7 Å². The molecule has 2 bridgehead atoms. The first kappa shape index (κ1) is 18.2. The smallest absolute Gasteiger partial charge is 0.119 e. The summed E-state index contributed by atoms with van der Waals surface area (Å²) < 4.78 is 5.35. The maximum absolute atomic E-state index is 11.2. The molecule has 0 aliphatic carbocycles. The van der Waals surface area contributed by atoms with Crippen molar-refractivity contribution in [3.8, 4) is 5.75 Å². The normalized spacial score (nSPS) is 29.0. The van der Waals surface area contributed by atoms with Crippen LogP contribution in [0.4, 0.5) is 0 Å². The van der Waals surface area contributed by atoms with Crippen molar-refractivity contribution >= 4 is 23.3 Å². The fraction of sp³-hybridized carbons (Fsp3) is 0.450. The van der Waals surface area contributed by atoms with Crippen molar-refractivity contribution < 1.29 is 9.84 Å². The zero-order chi connectivity index (χ0) is 16.7. The summed E-state index contributed by atoms with van der Waals surface area (Å²) in [6.45, 7) is 6.07. The first-order valence-corrected chi connectivity index (χ1v) is 8.68. The summed E-state index contributed by atoms with van der Waals surface area (Å²) in [6, 6.07) is 7.96. The number of hydrogen-bond donors (Lipinski definition) is 1. The van der Waals surface area contributed by atoms with E-state index in [4.69, 9.17) is 4.74 Å². The van der Waals surface area contributed by atoms with E-state index in [-0.39, 0.29) is 18.4 Å². The van der Waals surface area contributed by atoms with E-state index in [0.29, 0.717) is 11.8 Å². The molecule has 5 heteroatoms. The summed E-state index contributed by atoms with van der Waals surface area (Å²) >= 11 is 0. The zero-order valence-electron chi connectivity index (χ0n) is 14.5. The molecule has 0 saturated carbocycles. The van der Waals surface area contributed by atoms with Crippen LogP contribution in [0, 0.1) is 11.8 Å². The van der Waals surface area contributed by atoms with Crippen molar-refractivity contribution in [2.75, 3.05) is 20.2 Å². The molecule has 3 aliphatic heterocycles. The molecule has 5 rings (SSSR count). The van der Waals surface area contributed by atoms with Crippen LogP contribution in [0.1, 0.15) is 24.5 Å². The molecule has 25 heavy (non-hydrogen) atoms. The molecule has 3 fully saturated rings. The van der Waals surface area contributed by atoms with E-state index in [1.165, 1.54) is 6.42 Å². The minimum Gasteiger partial charge on any atom is -0.497 e. The number of halogens is 1. The molecule has 134 valence electrons. The van der Waals surface area contributed by atoms with Gasteiger partial charge < -0.3 is 9.84 Å². The zero-order valence-corrected chi connectivity index (χ0v) is 15.3. The predicted octanol–water partition coefficient (Wildman–Crippen LogP) is 3.60. The Labute approximate surface area is 154 Å². The van der Waals surface area contributed by atoms with Crippen LogP contribution in [-0.4, -0.2) is 41.2 Å². The van der Waals surface area contributed by atoms with Crippen LogP contribution < -0.4 is 4.74 Å². The lowest BCUT2D eigenvalue weighted by Crippen LogP contribution is -2.54. The average Bonchev–Trinajstić information content (AvgIpc) is 2.66. The highest BCUT2D eigenvalue weighted by Gasteiger charge is 2.42. The Hall–Kier alpha value is -1.62. The van der Waals surface area contributed by atoms with E-state index in [1.54, 1.807) is 13.3 Å². The van der Waals surface area contributed by atoms with Crippen molar-refractivity contribution in [1.29, 1.82) is 0 Å². The molecule has 4 nitrogen and oxygen atoms in total. The molecule has 1 aromatic heterocycles. The molecule has 2 aromatic rings. The molecular weight excluding hydrogens is 336 g/mol. The number of piperidine rings is 3. The van der Waals surface area contributed by atoms with Crippen LogP contribution in [-0.2, 0) is 0 Å². The topological polar surface area (TPSA) is 45.6 Å². The van der Waals surface area contributed by atoms with E-state index in [2.05, 4.69) is 22.5 Å². The van der Waals surface area contributed by atoms with Crippen molar-refractivity contribution in [1.82, 2.24) is 9.88 Å². The molecule has 1 N–H and O–H groups in total. The molecule has 0 spiro atoms. The molecule has 4 heterocycles. The van der Waals surface area contributed by atoms with Crippen LogP contribution in [0.5, 0.6) is 5.75 Å². The van der Waals surface area contributed by atoms with Crippen LogP contribution in [0.2, 0.25) is 0 Å². The summed E-state index contributed by atoms with van der Waals surface area (Å²) in [5.41, 5.74) is 1.85. The van der Waals surface area contributed by atoms with Crippen molar-refractivity contribution in [3.63, 3.8) is 0 Å². The van der Waals surface area contributed by atoms with E-state index >= 15 is 0 Å². The Kier molecular flexibility index (Phi) is 5.32. The Balaban J connectivity index is 0.00000182. The summed E-state index contributed by atoms with van der Waals surface area (Å²) in [7, 11) is 1.66. The molecule has 1 aromatic carbocycles. The van der Waals surface area contributed by atoms with Gasteiger partial charge in [-0.3, -0.25) is 9.88 Å². The molecular formula is C20H25ClN2O2. The van der Waals surface area contributed by atoms with Gasteiger partial charge in [0.25, 0.3) is 0 Å². The highest BCUT2D eigenvalue weighted by Crippen LogP contribution is 2.42. The number of hydrogen-bond acceptors (Lipinski definition) is 4. The average molecular weight is 361 g/mol. The molecule has 3 saturated heterocycles. The minimum atomic E-state index is -0.504. The van der Waals surface area contributed by atoms with Gasteiger partial charge in [-0.2, -0.15) is 0 Å². The highest BCUT2D eigenvalue weighted by atomic mass is 35.5. The number of rotatable bonds is 4. The van der Waals surface area contributed by atoms with Gasteiger partial charge in [-0.05, 0) is 61.1 Å². The van der Waals surface area contributed by atoms with E-state index < -0.39 is 6.10 Å². The van der Waals surface area contributed by atoms with Crippen LogP contribution >= 0.6 is 12.4 Å². The fourth-order valence-corrected chi connectivity index (χ4v) is 4.44. The lowest BCUT2D eigenvalue weighted by Gasteiger charge is -2.50. The van der Waals surface area contributed by atoms with Gasteiger partial charge in [0.1, 0.15) is 5.75 Å². The number of fused-ring (bicyclic) bond motifs is 4. The SMILES string of the molecule is C=C[C@@H]1CN2CCC1C[C@@H]2[C@H](O)c1ccnc2ccc(OC)cc12.Cl. The quantitative estimate of drug-likeness (QED) is 0.846. The summed E-state index contributed by atoms with van der Waals surface area (Å²) in [5.74, 6) is 2.01. The molecule has 3 aliphatic rings. The lowest BCUT2D eigenvalue weighted by atomic mass is 9.73. The third kappa shape index (κ3) is 3.14. The number of nitrogens with zero attached hydrogens (tertiary/aromatic N) is 2. The van der Waals surface area contributed by atoms with Crippen molar-refractivity contribution in [3.05, 3.63) is 48.7 Å². The van der Waals surface area contributed by atoms with Crippen LogP contribution in [0.25, 0.3) is 10.9 Å². The van der Waals surface area contributed by atoms with E-state index in [1.807, 2.05) is 24.3 Å². The Bertz CT molecular complexity index is 766. The predicted molar refractivity (Wildman–Crippen MR) is 102 cm³/mol.